The zero-order valence-corrected chi connectivity index (χ0v) is 21.1. The summed E-state index contributed by atoms with van der Waals surface area (Å²) in [5.41, 5.74) is 2.14. The van der Waals surface area contributed by atoms with Crippen LogP contribution in [0.2, 0.25) is 5.02 Å². The van der Waals surface area contributed by atoms with Gasteiger partial charge in [0.15, 0.2) is 11.5 Å². The fourth-order valence-electron chi connectivity index (χ4n) is 3.85. The molecule has 0 fully saturated rings. The smallest absolute Gasteiger partial charge is 0.294 e. The van der Waals surface area contributed by atoms with Crippen molar-refractivity contribution in [3.63, 3.8) is 0 Å². The Labute approximate surface area is 216 Å². The molecule has 1 atom stereocenters. The fourth-order valence-corrected chi connectivity index (χ4v) is 4.04. The predicted octanol–water partition coefficient (Wildman–Crippen LogP) is 6.16. The van der Waals surface area contributed by atoms with Crippen molar-refractivity contribution in [1.82, 2.24) is 5.32 Å². The van der Waals surface area contributed by atoms with E-state index >= 15 is 0 Å². The number of ether oxygens (including phenoxy) is 2. The van der Waals surface area contributed by atoms with Crippen molar-refractivity contribution >= 4 is 35.2 Å². The Bertz CT molecular complexity index is 1260. The van der Waals surface area contributed by atoms with Gasteiger partial charge in [0.25, 0.3) is 5.91 Å². The van der Waals surface area contributed by atoms with E-state index in [1.165, 1.54) is 4.90 Å². The average molecular weight is 505 g/mol. The van der Waals surface area contributed by atoms with Crippen LogP contribution in [-0.4, -0.2) is 25.0 Å². The third-order valence-corrected chi connectivity index (χ3v) is 6.19. The highest BCUT2D eigenvalue weighted by Crippen LogP contribution is 2.36. The molecule has 0 aromatic heterocycles. The van der Waals surface area contributed by atoms with Crippen molar-refractivity contribution in [2.45, 2.75) is 32.7 Å². The lowest BCUT2D eigenvalue weighted by Gasteiger charge is -2.30. The quantitative estimate of drug-likeness (QED) is 0.280. The summed E-state index contributed by atoms with van der Waals surface area (Å²) >= 11 is 6.27. The first-order chi connectivity index (χ1) is 17.5. The SMILES string of the molecule is CCCCOc1ccc([C@@H](C)NC(=O)CN2C(=O)/C(=C\c3ccccc3Cl)Oc3ccccc32)cc1. The largest absolute Gasteiger partial charge is 0.494 e. The third kappa shape index (κ3) is 6.07. The van der Waals surface area contributed by atoms with Gasteiger partial charge in [0.05, 0.1) is 18.3 Å². The zero-order chi connectivity index (χ0) is 25.5. The minimum atomic E-state index is -0.412. The predicted molar refractivity (Wildman–Crippen MR) is 142 cm³/mol. The molecule has 0 radical (unpaired) electrons. The fraction of sp³-hybridized carbons (Fsp3) is 0.241. The van der Waals surface area contributed by atoms with Gasteiger partial charge in [-0.2, -0.15) is 0 Å². The molecule has 3 aromatic carbocycles. The number of hydrogen-bond acceptors (Lipinski definition) is 4. The number of benzene rings is 3. The van der Waals surface area contributed by atoms with Crippen LogP contribution < -0.4 is 19.7 Å². The second-order valence-corrected chi connectivity index (χ2v) is 8.96. The molecule has 0 unspecified atom stereocenters. The summed E-state index contributed by atoms with van der Waals surface area (Å²) in [6.45, 7) is 4.56. The number of fused-ring (bicyclic) bond motifs is 1. The molecule has 1 aliphatic heterocycles. The highest BCUT2D eigenvalue weighted by Gasteiger charge is 2.32. The van der Waals surface area contributed by atoms with Crippen molar-refractivity contribution in [3.8, 4) is 11.5 Å². The van der Waals surface area contributed by atoms with E-state index in [0.29, 0.717) is 28.6 Å². The maximum absolute atomic E-state index is 13.3. The van der Waals surface area contributed by atoms with Gasteiger partial charge < -0.3 is 14.8 Å². The van der Waals surface area contributed by atoms with E-state index in [1.54, 1.807) is 36.4 Å². The zero-order valence-electron chi connectivity index (χ0n) is 20.4. The molecule has 1 N–H and O–H groups in total. The molecule has 7 heteroatoms. The monoisotopic (exact) mass is 504 g/mol. The number of rotatable bonds is 9. The van der Waals surface area contributed by atoms with Crippen LogP contribution in [0.3, 0.4) is 0 Å². The minimum absolute atomic E-state index is 0.0984. The number of unbranched alkanes of at least 4 members (excludes halogenated alkanes) is 1. The van der Waals surface area contributed by atoms with Crippen LogP contribution in [0.1, 0.15) is 43.9 Å². The molecule has 6 nitrogen and oxygen atoms in total. The van der Waals surface area contributed by atoms with E-state index in [9.17, 15) is 9.59 Å². The van der Waals surface area contributed by atoms with Gasteiger partial charge in [-0.05, 0) is 60.9 Å². The first-order valence-corrected chi connectivity index (χ1v) is 12.4. The van der Waals surface area contributed by atoms with Crippen LogP contribution >= 0.6 is 11.6 Å². The van der Waals surface area contributed by atoms with Crippen molar-refractivity contribution in [2.24, 2.45) is 0 Å². The van der Waals surface area contributed by atoms with Gasteiger partial charge in [-0.15, -0.1) is 0 Å². The molecule has 0 spiro atoms. The summed E-state index contributed by atoms with van der Waals surface area (Å²) in [5, 5.41) is 3.49. The molecule has 36 heavy (non-hydrogen) atoms. The van der Waals surface area contributed by atoms with Gasteiger partial charge in [-0.1, -0.05) is 67.4 Å². The van der Waals surface area contributed by atoms with Crippen molar-refractivity contribution in [1.29, 1.82) is 0 Å². The maximum Gasteiger partial charge on any atom is 0.294 e. The summed E-state index contributed by atoms with van der Waals surface area (Å²) in [5.74, 6) is 0.702. The van der Waals surface area contributed by atoms with Crippen LogP contribution in [0.15, 0.2) is 78.6 Å². The lowest BCUT2D eigenvalue weighted by molar-refractivity contribution is -0.123. The van der Waals surface area contributed by atoms with E-state index in [0.717, 1.165) is 24.2 Å². The second-order valence-electron chi connectivity index (χ2n) is 8.55. The maximum atomic E-state index is 13.3. The first-order valence-electron chi connectivity index (χ1n) is 12.0. The summed E-state index contributed by atoms with van der Waals surface area (Å²) < 4.78 is 11.6. The molecule has 3 aromatic rings. The van der Waals surface area contributed by atoms with Crippen molar-refractivity contribution < 1.29 is 19.1 Å². The van der Waals surface area contributed by atoms with E-state index in [2.05, 4.69) is 12.2 Å². The summed E-state index contributed by atoms with van der Waals surface area (Å²) in [4.78, 5) is 27.8. The number of amides is 2. The van der Waals surface area contributed by atoms with Gasteiger partial charge in [0.1, 0.15) is 12.3 Å². The molecule has 0 saturated heterocycles. The average Bonchev–Trinajstić information content (AvgIpc) is 2.88. The van der Waals surface area contributed by atoms with Gasteiger partial charge in [-0.3, -0.25) is 14.5 Å². The number of carbonyl (C=O) groups is 2. The topological polar surface area (TPSA) is 67.9 Å². The highest BCUT2D eigenvalue weighted by molar-refractivity contribution is 6.32. The molecule has 0 aliphatic carbocycles. The van der Waals surface area contributed by atoms with Gasteiger partial charge in [-0.25, -0.2) is 0 Å². The summed E-state index contributed by atoms with van der Waals surface area (Å²) in [7, 11) is 0. The van der Waals surface area contributed by atoms with Crippen LogP contribution in [0, 0.1) is 0 Å². The molecule has 2 amide bonds. The number of carbonyl (C=O) groups excluding carboxylic acids is 2. The van der Waals surface area contributed by atoms with E-state index in [-0.39, 0.29) is 24.3 Å². The van der Waals surface area contributed by atoms with Crippen LogP contribution in [0.4, 0.5) is 5.69 Å². The number of nitrogens with one attached hydrogen (secondary N) is 1. The number of halogens is 1. The molecule has 4 rings (SSSR count). The lowest BCUT2D eigenvalue weighted by Crippen LogP contribution is -2.44. The van der Waals surface area contributed by atoms with Gasteiger partial charge in [0, 0.05) is 5.02 Å². The van der Waals surface area contributed by atoms with Crippen LogP contribution in [0.5, 0.6) is 11.5 Å². The van der Waals surface area contributed by atoms with Gasteiger partial charge >= 0.3 is 0 Å². The Kier molecular flexibility index (Phi) is 8.28. The molecule has 1 aliphatic rings. The number of anilines is 1. The Hall–Kier alpha value is -3.77. The standard InChI is InChI=1S/C29H29ClN2O4/c1-3-4-17-35-23-15-13-21(14-16-23)20(2)31-28(33)19-32-25-11-7-8-12-26(25)36-27(29(32)34)18-22-9-5-6-10-24(22)30/h5-16,18,20H,3-4,17,19H2,1-2H3,(H,31,33)/b27-18+/t20-/m1/s1. The Morgan fingerprint density at radius 3 is 2.56 bits per heavy atom. The van der Waals surface area contributed by atoms with E-state index in [4.69, 9.17) is 21.1 Å². The summed E-state index contributed by atoms with van der Waals surface area (Å²) in [6.07, 6.45) is 3.68. The second kappa shape index (κ2) is 11.8. The molecular formula is C29H29ClN2O4. The van der Waals surface area contributed by atoms with Gasteiger partial charge in [0.2, 0.25) is 5.91 Å². The molecule has 1 heterocycles. The molecule has 186 valence electrons. The number of nitrogens with zero attached hydrogens (tertiary/aromatic N) is 1. The van der Waals surface area contributed by atoms with E-state index in [1.807, 2.05) is 49.4 Å². The number of hydrogen-bond donors (Lipinski definition) is 1. The molecule has 0 saturated carbocycles. The minimum Gasteiger partial charge on any atom is -0.494 e. The van der Waals surface area contributed by atoms with Crippen LogP contribution in [0.25, 0.3) is 6.08 Å². The van der Waals surface area contributed by atoms with E-state index < -0.39 is 5.91 Å². The number of para-hydroxylation sites is 2. The van der Waals surface area contributed by atoms with Crippen molar-refractivity contribution in [2.75, 3.05) is 18.1 Å². The molecule has 0 bridgehead atoms. The highest BCUT2D eigenvalue weighted by atomic mass is 35.5. The lowest BCUT2D eigenvalue weighted by atomic mass is 10.1. The summed E-state index contributed by atoms with van der Waals surface area (Å²) in [6, 6.07) is 21.8. The normalized spacial score (nSPS) is 14.7. The van der Waals surface area contributed by atoms with Crippen LogP contribution in [-0.2, 0) is 9.59 Å². The first kappa shape index (κ1) is 25.3. The van der Waals surface area contributed by atoms with Crippen molar-refractivity contribution in [3.05, 3.63) is 94.7 Å². The molecular weight excluding hydrogens is 476 g/mol. The third-order valence-electron chi connectivity index (χ3n) is 5.85. The Morgan fingerprint density at radius 2 is 1.81 bits per heavy atom. The Balaban J connectivity index is 1.47. The Morgan fingerprint density at radius 1 is 1.08 bits per heavy atom.